The van der Waals surface area contributed by atoms with Gasteiger partial charge in [0, 0.05) is 29.1 Å². The predicted octanol–water partition coefficient (Wildman–Crippen LogP) is 3.40. The molecule has 3 aromatic rings. The van der Waals surface area contributed by atoms with Crippen molar-refractivity contribution in [3.05, 3.63) is 70.0 Å². The summed E-state index contributed by atoms with van der Waals surface area (Å²) >= 11 is 0. The number of carbonyl (C=O) groups is 1. The first-order valence-corrected chi connectivity index (χ1v) is 8.02. The number of fused-ring (bicyclic) bond motifs is 1. The van der Waals surface area contributed by atoms with E-state index in [1.54, 1.807) is 24.1 Å². The average molecular weight is 336 g/mol. The van der Waals surface area contributed by atoms with Gasteiger partial charge in [-0.3, -0.25) is 9.59 Å². The molecule has 0 fully saturated rings. The highest BCUT2D eigenvalue weighted by molar-refractivity contribution is 5.91. The number of carbonyl (C=O) groups excluding carboxylic acids is 1. The number of hydrogen-bond donors (Lipinski definition) is 1. The van der Waals surface area contributed by atoms with Crippen LogP contribution in [0, 0.1) is 6.92 Å². The fourth-order valence-electron chi connectivity index (χ4n) is 2.75. The number of methoxy groups -OCH3 is 1. The molecule has 2 aromatic carbocycles. The van der Waals surface area contributed by atoms with Gasteiger partial charge in [-0.2, -0.15) is 0 Å². The second kappa shape index (κ2) is 6.81. The minimum absolute atomic E-state index is 0.117. The maximum atomic E-state index is 12.4. The van der Waals surface area contributed by atoms with E-state index in [0.717, 1.165) is 22.2 Å². The Bertz CT molecular complexity index is 974. The van der Waals surface area contributed by atoms with Gasteiger partial charge in [0.15, 0.2) is 0 Å². The van der Waals surface area contributed by atoms with Crippen LogP contribution in [0.25, 0.3) is 10.9 Å². The number of aryl methyl sites for hydroxylation is 1. The second-order valence-corrected chi connectivity index (χ2v) is 6.02. The number of nitrogens with zero attached hydrogens (tertiary/aromatic N) is 1. The van der Waals surface area contributed by atoms with Crippen molar-refractivity contribution in [2.45, 2.75) is 20.4 Å². The number of pyridine rings is 1. The summed E-state index contributed by atoms with van der Waals surface area (Å²) in [6.45, 7) is 3.70. The molecule has 0 unspecified atom stereocenters. The van der Waals surface area contributed by atoms with Crippen LogP contribution < -0.4 is 15.2 Å². The van der Waals surface area contributed by atoms with Crippen molar-refractivity contribution in [3.63, 3.8) is 0 Å². The van der Waals surface area contributed by atoms with Gasteiger partial charge in [-0.25, -0.2) is 0 Å². The topological polar surface area (TPSA) is 62.4 Å². The molecule has 1 aromatic heterocycles. The van der Waals surface area contributed by atoms with Crippen molar-refractivity contribution in [1.29, 1.82) is 0 Å². The summed E-state index contributed by atoms with van der Waals surface area (Å²) in [6.07, 6.45) is 0. The van der Waals surface area contributed by atoms with Crippen molar-refractivity contribution in [1.82, 2.24) is 4.98 Å². The monoisotopic (exact) mass is 336 g/mol. The molecule has 128 valence electrons. The predicted molar refractivity (Wildman–Crippen MR) is 99.2 cm³/mol. The molecule has 5 heteroatoms. The lowest BCUT2D eigenvalue weighted by Gasteiger charge is -2.21. The summed E-state index contributed by atoms with van der Waals surface area (Å²) in [6, 6.07) is 14.9. The fraction of sp³-hybridized carbons (Fsp3) is 0.200. The van der Waals surface area contributed by atoms with E-state index in [-0.39, 0.29) is 18.0 Å². The first kappa shape index (κ1) is 16.8. The van der Waals surface area contributed by atoms with Crippen LogP contribution in [0.2, 0.25) is 0 Å². The molecular weight excluding hydrogens is 316 g/mol. The van der Waals surface area contributed by atoms with Gasteiger partial charge in [0.25, 0.3) is 5.56 Å². The van der Waals surface area contributed by atoms with Gasteiger partial charge in [-0.05, 0) is 43.3 Å². The highest BCUT2D eigenvalue weighted by Gasteiger charge is 2.15. The quantitative estimate of drug-likeness (QED) is 0.794. The van der Waals surface area contributed by atoms with Gasteiger partial charge in [0.05, 0.1) is 13.7 Å². The molecule has 0 saturated heterocycles. The molecule has 25 heavy (non-hydrogen) atoms. The van der Waals surface area contributed by atoms with Gasteiger partial charge >= 0.3 is 0 Å². The Morgan fingerprint density at radius 3 is 2.48 bits per heavy atom. The van der Waals surface area contributed by atoms with Gasteiger partial charge < -0.3 is 14.6 Å². The fourth-order valence-corrected chi connectivity index (χ4v) is 2.75. The number of nitrogens with one attached hydrogen (secondary N) is 1. The molecule has 0 radical (unpaired) electrons. The van der Waals surface area contributed by atoms with Gasteiger partial charge in [-0.15, -0.1) is 0 Å². The molecule has 0 bridgehead atoms. The molecule has 0 aliphatic heterocycles. The Balaban J connectivity index is 2.01. The van der Waals surface area contributed by atoms with Crippen molar-refractivity contribution in [2.24, 2.45) is 0 Å². The second-order valence-electron chi connectivity index (χ2n) is 6.02. The van der Waals surface area contributed by atoms with Gasteiger partial charge in [-0.1, -0.05) is 17.7 Å². The highest BCUT2D eigenvalue weighted by Crippen LogP contribution is 2.21. The number of rotatable bonds is 4. The summed E-state index contributed by atoms with van der Waals surface area (Å²) in [5.74, 6) is 0.599. The Morgan fingerprint density at radius 1 is 1.12 bits per heavy atom. The third kappa shape index (κ3) is 3.55. The summed E-state index contributed by atoms with van der Waals surface area (Å²) < 4.78 is 5.24. The number of hydrogen-bond acceptors (Lipinski definition) is 3. The van der Waals surface area contributed by atoms with Crippen molar-refractivity contribution >= 4 is 22.5 Å². The van der Waals surface area contributed by atoms with E-state index in [9.17, 15) is 9.59 Å². The first-order valence-electron chi connectivity index (χ1n) is 8.02. The minimum atomic E-state index is -0.198. The number of aromatic nitrogens is 1. The lowest BCUT2D eigenvalue weighted by atomic mass is 10.1. The number of amides is 1. The smallest absolute Gasteiger partial charge is 0.253 e. The number of H-pyrrole nitrogens is 1. The minimum Gasteiger partial charge on any atom is -0.497 e. The first-order chi connectivity index (χ1) is 12.0. The number of anilines is 1. The largest absolute Gasteiger partial charge is 0.497 e. The van der Waals surface area contributed by atoms with Crippen molar-refractivity contribution in [3.8, 4) is 5.75 Å². The summed E-state index contributed by atoms with van der Waals surface area (Å²) in [7, 11) is 1.60. The third-order valence-electron chi connectivity index (χ3n) is 4.18. The average Bonchev–Trinajstić information content (AvgIpc) is 2.60. The van der Waals surface area contributed by atoms with Crippen LogP contribution in [0.3, 0.4) is 0 Å². The summed E-state index contributed by atoms with van der Waals surface area (Å²) in [4.78, 5) is 29.0. The number of ether oxygens (including phenoxy) is 1. The molecular formula is C20H20N2O3. The molecule has 0 aliphatic rings. The molecule has 0 atom stereocenters. The van der Waals surface area contributed by atoms with Crippen molar-refractivity contribution < 1.29 is 9.53 Å². The Labute approximate surface area is 145 Å². The Morgan fingerprint density at radius 2 is 1.84 bits per heavy atom. The summed E-state index contributed by atoms with van der Waals surface area (Å²) in [5, 5.41) is 0.862. The zero-order chi connectivity index (χ0) is 18.0. The number of aromatic amines is 1. The third-order valence-corrected chi connectivity index (χ3v) is 4.18. The summed E-state index contributed by atoms with van der Waals surface area (Å²) in [5.41, 5.74) is 2.94. The Hall–Kier alpha value is -3.08. The molecule has 0 saturated carbocycles. The maximum Gasteiger partial charge on any atom is 0.253 e. The van der Waals surface area contributed by atoms with E-state index < -0.39 is 0 Å². The van der Waals surface area contributed by atoms with E-state index in [1.165, 1.54) is 6.92 Å². The zero-order valence-corrected chi connectivity index (χ0v) is 14.5. The van der Waals surface area contributed by atoms with Crippen LogP contribution >= 0.6 is 0 Å². The molecule has 3 rings (SSSR count). The van der Waals surface area contributed by atoms with Gasteiger partial charge in [0.1, 0.15) is 5.75 Å². The lowest BCUT2D eigenvalue weighted by molar-refractivity contribution is -0.116. The molecule has 0 spiro atoms. The van der Waals surface area contributed by atoms with Crippen molar-refractivity contribution in [2.75, 3.05) is 12.0 Å². The molecule has 0 aliphatic carbocycles. The molecule has 1 amide bonds. The molecule has 5 nitrogen and oxygen atoms in total. The lowest BCUT2D eigenvalue weighted by Crippen LogP contribution is -2.30. The SMILES string of the molecule is COc1ccc2[nH]c(=O)c(CN(C(C)=O)c3ccc(C)cc3)cc2c1. The van der Waals surface area contributed by atoms with Crippen LogP contribution in [0.15, 0.2) is 53.3 Å². The Kier molecular flexibility index (Phi) is 4.57. The van der Waals surface area contributed by atoms with E-state index >= 15 is 0 Å². The van der Waals surface area contributed by atoms with Crippen LogP contribution in [0.5, 0.6) is 5.75 Å². The maximum absolute atomic E-state index is 12.4. The van der Waals surface area contributed by atoms with E-state index in [4.69, 9.17) is 4.74 Å². The molecule has 1 heterocycles. The van der Waals surface area contributed by atoms with E-state index in [2.05, 4.69) is 4.98 Å². The normalized spacial score (nSPS) is 10.7. The number of benzene rings is 2. The van der Waals surface area contributed by atoms with E-state index in [1.807, 2.05) is 43.3 Å². The van der Waals surface area contributed by atoms with E-state index in [0.29, 0.717) is 11.3 Å². The standard InChI is InChI=1S/C20H20N2O3/c1-13-4-6-17(7-5-13)22(14(2)23)12-16-10-15-11-18(25-3)8-9-19(15)21-20(16)24/h4-11H,12H2,1-3H3,(H,21,24). The van der Waals surface area contributed by atoms with Crippen LogP contribution in [0.4, 0.5) is 5.69 Å². The van der Waals surface area contributed by atoms with Crippen LogP contribution in [0.1, 0.15) is 18.1 Å². The van der Waals surface area contributed by atoms with Crippen LogP contribution in [-0.2, 0) is 11.3 Å². The zero-order valence-electron chi connectivity index (χ0n) is 14.5. The van der Waals surface area contributed by atoms with Crippen LogP contribution in [-0.4, -0.2) is 18.0 Å². The molecule has 1 N–H and O–H groups in total. The highest BCUT2D eigenvalue weighted by atomic mass is 16.5. The van der Waals surface area contributed by atoms with Gasteiger partial charge in [0.2, 0.25) is 5.91 Å².